The van der Waals surface area contributed by atoms with Gasteiger partial charge in [0.05, 0.1) is 29.4 Å². The Bertz CT molecular complexity index is 924. The van der Waals surface area contributed by atoms with Crippen LogP contribution in [0, 0.1) is 10.1 Å². The van der Waals surface area contributed by atoms with Crippen molar-refractivity contribution in [3.05, 3.63) is 27.8 Å². The van der Waals surface area contributed by atoms with Gasteiger partial charge in [0.2, 0.25) is 10.0 Å². The van der Waals surface area contributed by atoms with Gasteiger partial charge in [-0.05, 0) is 0 Å². The third-order valence-corrected chi connectivity index (χ3v) is 7.70. The first-order valence-corrected chi connectivity index (χ1v) is 13.6. The fraction of sp³-hybridized carbons (Fsp3) is 0.667. The maximum atomic E-state index is 14.0. The van der Waals surface area contributed by atoms with Crippen LogP contribution in [-0.4, -0.2) is 92.7 Å². The molecule has 188 valence electrons. The second kappa shape index (κ2) is 12.1. The van der Waals surface area contributed by atoms with Gasteiger partial charge in [-0.25, -0.2) is 8.42 Å². The number of morpholine rings is 1. The van der Waals surface area contributed by atoms with Gasteiger partial charge in [-0.15, -0.1) is 0 Å². The van der Waals surface area contributed by atoms with Crippen LogP contribution in [0.4, 0.5) is 24.5 Å². The van der Waals surface area contributed by atoms with Crippen LogP contribution in [0.5, 0.6) is 0 Å². The van der Waals surface area contributed by atoms with E-state index < -0.39 is 43.0 Å². The molecule has 0 aromatic heterocycles. The summed E-state index contributed by atoms with van der Waals surface area (Å²) in [6.07, 6.45) is -5.01. The minimum absolute atomic E-state index is 0.00268. The Balaban J connectivity index is 2.61. The Labute approximate surface area is 207 Å². The molecule has 1 saturated heterocycles. The zero-order valence-corrected chi connectivity index (χ0v) is 21.8. The molecule has 0 atom stereocenters. The molecular weight excluding hydrogens is 601 g/mol. The topological polar surface area (TPSA) is 96.2 Å². The lowest BCUT2D eigenvalue weighted by Gasteiger charge is -2.31. The smallest absolute Gasteiger partial charge is 0.379 e. The lowest BCUT2D eigenvalue weighted by Crippen LogP contribution is -2.42. The molecule has 0 radical (unpaired) electrons. The second-order valence-electron chi connectivity index (χ2n) is 7.24. The number of likely N-dealkylation sites (N-methyl/N-ethyl adjacent to an activating group) is 1. The van der Waals surface area contributed by atoms with E-state index in [0.717, 1.165) is 4.31 Å². The van der Waals surface area contributed by atoms with E-state index in [1.54, 1.807) is 0 Å². The highest BCUT2D eigenvalue weighted by molar-refractivity contribution is 9.09. The largest absolute Gasteiger partial charge is 0.418 e. The average Bonchev–Trinajstić information content (AvgIpc) is 2.76. The average molecular weight is 626 g/mol. The van der Waals surface area contributed by atoms with Gasteiger partial charge >= 0.3 is 6.18 Å². The van der Waals surface area contributed by atoms with Gasteiger partial charge in [0.25, 0.3) is 5.69 Å². The number of ether oxygens (including phenoxy) is 1. The van der Waals surface area contributed by atoms with Crippen molar-refractivity contribution in [2.45, 2.75) is 11.1 Å². The summed E-state index contributed by atoms with van der Waals surface area (Å²) in [5.41, 5.74) is -2.90. The first-order valence-electron chi connectivity index (χ1n) is 9.96. The van der Waals surface area contributed by atoms with Gasteiger partial charge in [0.15, 0.2) is 0 Å². The molecule has 0 N–H and O–H groups in total. The van der Waals surface area contributed by atoms with Crippen molar-refractivity contribution >= 4 is 53.3 Å². The third kappa shape index (κ3) is 7.24. The summed E-state index contributed by atoms with van der Waals surface area (Å²) in [6.45, 7) is 2.71. The fourth-order valence-electron chi connectivity index (χ4n) is 3.37. The van der Waals surface area contributed by atoms with Gasteiger partial charge in [0.1, 0.15) is 4.90 Å². The lowest BCUT2D eigenvalue weighted by atomic mass is 10.1. The van der Waals surface area contributed by atoms with Crippen molar-refractivity contribution < 1.29 is 31.2 Å². The number of sulfonamides is 1. The Morgan fingerprint density at radius 3 is 2.21 bits per heavy atom. The second-order valence-corrected chi connectivity index (χ2v) is 10.8. The Hall–Kier alpha value is -1.00. The first-order chi connectivity index (χ1) is 15.4. The third-order valence-electron chi connectivity index (χ3n) is 5.12. The van der Waals surface area contributed by atoms with Crippen LogP contribution in [-0.2, 0) is 20.9 Å². The Kier molecular flexibility index (Phi) is 10.4. The van der Waals surface area contributed by atoms with Crippen LogP contribution in [0.2, 0.25) is 0 Å². The summed E-state index contributed by atoms with van der Waals surface area (Å²) in [6, 6.07) is 1.10. The number of halogens is 5. The molecule has 0 amide bonds. The van der Waals surface area contributed by atoms with E-state index in [0.29, 0.717) is 45.0 Å². The maximum absolute atomic E-state index is 14.0. The monoisotopic (exact) mass is 624 g/mol. The molecule has 1 aliphatic heterocycles. The highest BCUT2D eigenvalue weighted by Crippen LogP contribution is 2.43. The van der Waals surface area contributed by atoms with Gasteiger partial charge in [-0.2, -0.15) is 17.5 Å². The summed E-state index contributed by atoms with van der Waals surface area (Å²) in [5, 5.41) is 11.9. The summed E-state index contributed by atoms with van der Waals surface area (Å²) in [5.74, 6) is 0. The fourth-order valence-corrected chi connectivity index (χ4v) is 5.64. The van der Waals surface area contributed by atoms with Crippen LogP contribution in [0.15, 0.2) is 17.0 Å². The predicted octanol–water partition coefficient (Wildman–Crippen LogP) is 3.16. The summed E-state index contributed by atoms with van der Waals surface area (Å²) < 4.78 is 75.0. The van der Waals surface area contributed by atoms with Crippen LogP contribution in [0.25, 0.3) is 0 Å². The molecule has 0 bridgehead atoms. The predicted molar refractivity (Wildman–Crippen MR) is 125 cm³/mol. The molecule has 0 unspecified atom stereocenters. The molecule has 1 aliphatic rings. The standard InChI is InChI=1S/C18H25Br2F3N4O5S/c1-24(6-7-25-8-10-32-11-9-25)33(30,31)16-13-14(27(28)29)12-15(18(21,22)23)17(16)26(4-2-19)5-3-20/h12-13H,2-11H2,1H3. The Morgan fingerprint density at radius 1 is 1.15 bits per heavy atom. The van der Waals surface area contributed by atoms with Crippen molar-refractivity contribution in [1.29, 1.82) is 0 Å². The molecule has 1 aromatic carbocycles. The molecule has 0 saturated carbocycles. The van der Waals surface area contributed by atoms with E-state index >= 15 is 0 Å². The number of nitro groups is 1. The summed E-state index contributed by atoms with van der Waals surface area (Å²) >= 11 is 6.36. The van der Waals surface area contributed by atoms with E-state index in [1.807, 2.05) is 4.90 Å². The van der Waals surface area contributed by atoms with Crippen molar-refractivity contribution in [2.75, 3.05) is 75.1 Å². The SMILES string of the molecule is CN(CCN1CCOCC1)S(=O)(=O)c1cc([N+](=O)[O-])cc(C(F)(F)F)c1N(CCBr)CCBr. The van der Waals surface area contributed by atoms with E-state index in [4.69, 9.17) is 4.74 Å². The number of rotatable bonds is 11. The number of anilines is 1. The van der Waals surface area contributed by atoms with Crippen LogP contribution in [0.3, 0.4) is 0 Å². The normalized spacial score (nSPS) is 15.7. The quantitative estimate of drug-likeness (QED) is 0.212. The number of hydrogen-bond acceptors (Lipinski definition) is 7. The highest BCUT2D eigenvalue weighted by Gasteiger charge is 2.41. The molecular formula is C18H25Br2F3N4O5S. The molecule has 0 aliphatic carbocycles. The zero-order chi connectivity index (χ0) is 24.8. The first kappa shape index (κ1) is 28.2. The minimum Gasteiger partial charge on any atom is -0.379 e. The van der Waals surface area contributed by atoms with Crippen molar-refractivity contribution in [3.8, 4) is 0 Å². The van der Waals surface area contributed by atoms with Crippen LogP contribution in [0.1, 0.15) is 5.56 Å². The van der Waals surface area contributed by atoms with Crippen molar-refractivity contribution in [3.63, 3.8) is 0 Å². The van der Waals surface area contributed by atoms with Gasteiger partial charge < -0.3 is 9.64 Å². The number of hydrogen-bond donors (Lipinski definition) is 0. The summed E-state index contributed by atoms with van der Waals surface area (Å²) in [7, 11) is -3.24. The number of nitro benzene ring substituents is 1. The van der Waals surface area contributed by atoms with Crippen LogP contribution >= 0.6 is 31.9 Å². The van der Waals surface area contributed by atoms with Gasteiger partial charge in [-0.1, -0.05) is 31.9 Å². The zero-order valence-electron chi connectivity index (χ0n) is 17.9. The number of nitrogens with zero attached hydrogens (tertiary/aromatic N) is 4. The number of alkyl halides is 5. The summed E-state index contributed by atoms with van der Waals surface area (Å²) in [4.78, 5) is 12.9. The molecule has 1 heterocycles. The molecule has 2 rings (SSSR count). The highest BCUT2D eigenvalue weighted by atomic mass is 79.9. The van der Waals surface area contributed by atoms with E-state index in [2.05, 4.69) is 31.9 Å². The number of non-ortho nitro benzene ring substituents is 1. The maximum Gasteiger partial charge on any atom is 0.418 e. The minimum atomic E-state index is -5.01. The molecule has 9 nitrogen and oxygen atoms in total. The van der Waals surface area contributed by atoms with E-state index in [1.165, 1.54) is 11.9 Å². The molecule has 1 aromatic rings. The van der Waals surface area contributed by atoms with Crippen LogP contribution < -0.4 is 4.90 Å². The Morgan fingerprint density at radius 2 is 1.73 bits per heavy atom. The molecule has 33 heavy (non-hydrogen) atoms. The molecule has 0 spiro atoms. The lowest BCUT2D eigenvalue weighted by molar-refractivity contribution is -0.385. The van der Waals surface area contributed by atoms with Crippen molar-refractivity contribution in [1.82, 2.24) is 9.21 Å². The molecule has 1 fully saturated rings. The molecule has 15 heteroatoms. The van der Waals surface area contributed by atoms with E-state index in [-0.39, 0.29) is 30.3 Å². The van der Waals surface area contributed by atoms with Crippen molar-refractivity contribution in [2.24, 2.45) is 0 Å². The van der Waals surface area contributed by atoms with Gasteiger partial charge in [-0.3, -0.25) is 15.0 Å². The van der Waals surface area contributed by atoms with E-state index in [9.17, 15) is 31.7 Å². The number of benzene rings is 1. The van der Waals surface area contributed by atoms with Gasteiger partial charge in [0, 0.05) is 69.1 Å².